The van der Waals surface area contributed by atoms with Gasteiger partial charge in [-0.3, -0.25) is 0 Å². The van der Waals surface area contributed by atoms with Crippen LogP contribution >= 0.6 is 0 Å². The molecule has 0 aliphatic heterocycles. The summed E-state index contributed by atoms with van der Waals surface area (Å²) < 4.78 is 14.0. The normalized spacial score (nSPS) is 10.5. The minimum absolute atomic E-state index is 0.0446. The van der Waals surface area contributed by atoms with Gasteiger partial charge in [0.1, 0.15) is 5.82 Å². The van der Waals surface area contributed by atoms with Crippen LogP contribution in [0.2, 0.25) is 0 Å². The van der Waals surface area contributed by atoms with Gasteiger partial charge in [-0.2, -0.15) is 0 Å². The Hall–Kier alpha value is -4.31. The van der Waals surface area contributed by atoms with Crippen molar-refractivity contribution < 1.29 is 19.1 Å². The molecule has 7 heteroatoms. The highest BCUT2D eigenvalue weighted by Gasteiger charge is 2.18. The Morgan fingerprint density at radius 1 is 1.06 bits per heavy atom. The van der Waals surface area contributed by atoms with Gasteiger partial charge in [0, 0.05) is 12.2 Å². The molecule has 3 aromatic rings. The number of rotatable bonds is 8. The number of hydrogen-bond acceptors (Lipinski definition) is 3. The molecule has 3 N–H and O–H groups in total. The number of nitrogens with zero attached hydrogens (tertiary/aromatic N) is 1. The first-order valence-electron chi connectivity index (χ1n) is 11.2. The molecule has 0 saturated heterocycles. The van der Waals surface area contributed by atoms with Gasteiger partial charge in [-0.05, 0) is 66.4 Å². The van der Waals surface area contributed by atoms with Crippen LogP contribution in [0.25, 0.3) is 11.1 Å². The van der Waals surface area contributed by atoms with Crippen molar-refractivity contribution in [3.8, 4) is 23.5 Å². The minimum atomic E-state index is -1.18. The molecule has 35 heavy (non-hydrogen) atoms. The molecular weight excluding hydrogens is 445 g/mol. The Kier molecular flexibility index (Phi) is 8.11. The fourth-order valence-corrected chi connectivity index (χ4v) is 3.74. The van der Waals surface area contributed by atoms with E-state index in [1.54, 1.807) is 30.3 Å². The van der Waals surface area contributed by atoms with E-state index in [0.29, 0.717) is 41.6 Å². The number of aromatic carboxylic acids is 1. The molecule has 0 spiro atoms. The molecule has 180 valence electrons. The van der Waals surface area contributed by atoms with Gasteiger partial charge in [-0.15, -0.1) is 6.42 Å². The molecule has 3 aromatic carbocycles. The Bertz CT molecular complexity index is 1260. The smallest absolute Gasteiger partial charge is 0.336 e. The van der Waals surface area contributed by atoms with Crippen LogP contribution in [0, 0.1) is 31.0 Å². The number of amides is 2. The third-order valence-electron chi connectivity index (χ3n) is 5.29. The van der Waals surface area contributed by atoms with E-state index < -0.39 is 17.8 Å². The third-order valence-corrected chi connectivity index (χ3v) is 5.29. The Balaban J connectivity index is 2.05. The van der Waals surface area contributed by atoms with E-state index >= 15 is 0 Å². The number of anilines is 3. The number of carbonyl (C=O) groups excluding carboxylic acids is 1. The number of carbonyl (C=O) groups is 2. The molecule has 0 radical (unpaired) electrons. The first kappa shape index (κ1) is 25.3. The Morgan fingerprint density at radius 3 is 2.40 bits per heavy atom. The van der Waals surface area contributed by atoms with Gasteiger partial charge in [0.25, 0.3) is 0 Å². The van der Waals surface area contributed by atoms with E-state index in [4.69, 9.17) is 6.42 Å². The lowest BCUT2D eigenvalue weighted by Gasteiger charge is -2.27. The van der Waals surface area contributed by atoms with Crippen molar-refractivity contribution in [1.82, 2.24) is 0 Å². The SMILES string of the molecule is C#CCN(CC(C)C)c1ccc(-c2cc(F)ccc2C(=O)O)cc1NC(=O)Nc1ccc(C)cc1. The maximum absolute atomic E-state index is 14.0. The molecule has 0 aliphatic carbocycles. The van der Waals surface area contributed by atoms with Crippen molar-refractivity contribution in [3.63, 3.8) is 0 Å². The zero-order valence-electron chi connectivity index (χ0n) is 19.9. The molecule has 0 unspecified atom stereocenters. The van der Waals surface area contributed by atoms with Gasteiger partial charge in [0.15, 0.2) is 0 Å². The maximum atomic E-state index is 14.0. The summed E-state index contributed by atoms with van der Waals surface area (Å²) in [5.74, 6) is 1.20. The average molecular weight is 474 g/mol. The van der Waals surface area contributed by atoms with Crippen molar-refractivity contribution in [2.45, 2.75) is 20.8 Å². The second-order valence-electron chi connectivity index (χ2n) is 8.65. The highest BCUT2D eigenvalue weighted by atomic mass is 19.1. The molecule has 0 fully saturated rings. The predicted octanol–water partition coefficient (Wildman–Crippen LogP) is 6.24. The van der Waals surface area contributed by atoms with Gasteiger partial charge >= 0.3 is 12.0 Å². The Morgan fingerprint density at radius 2 is 1.77 bits per heavy atom. The average Bonchev–Trinajstić information content (AvgIpc) is 2.79. The van der Waals surface area contributed by atoms with E-state index in [0.717, 1.165) is 11.6 Å². The third kappa shape index (κ3) is 6.61. The van der Waals surface area contributed by atoms with Gasteiger partial charge in [-0.25, -0.2) is 14.0 Å². The molecule has 0 heterocycles. The van der Waals surface area contributed by atoms with E-state index in [9.17, 15) is 19.1 Å². The topological polar surface area (TPSA) is 81.7 Å². The van der Waals surface area contributed by atoms with Crippen LogP contribution in [0.4, 0.5) is 26.2 Å². The molecule has 6 nitrogen and oxygen atoms in total. The predicted molar refractivity (Wildman–Crippen MR) is 138 cm³/mol. The number of aryl methyl sites for hydroxylation is 1. The monoisotopic (exact) mass is 473 g/mol. The number of carboxylic acids is 1. The molecule has 0 bridgehead atoms. The lowest BCUT2D eigenvalue weighted by atomic mass is 9.98. The first-order chi connectivity index (χ1) is 16.7. The molecule has 0 atom stereocenters. The summed E-state index contributed by atoms with van der Waals surface area (Å²) in [6, 6.07) is 15.5. The van der Waals surface area contributed by atoms with Crippen LogP contribution < -0.4 is 15.5 Å². The van der Waals surface area contributed by atoms with Crippen molar-refractivity contribution in [3.05, 3.63) is 77.6 Å². The molecule has 2 amide bonds. The first-order valence-corrected chi connectivity index (χ1v) is 11.2. The molecule has 0 aliphatic rings. The zero-order chi connectivity index (χ0) is 25.5. The standard InChI is InChI=1S/C28H28FN3O3/c1-5-14-32(17-18(2)3)26-13-8-20(24-16-21(29)9-12-23(24)27(33)34)15-25(26)31-28(35)30-22-10-6-19(4)7-11-22/h1,6-13,15-16,18H,14,17H2,2-4H3,(H,33,34)(H2,30,31,35). The zero-order valence-corrected chi connectivity index (χ0v) is 19.9. The van der Waals surface area contributed by atoms with Gasteiger partial charge in [-0.1, -0.05) is 43.5 Å². The van der Waals surface area contributed by atoms with Gasteiger partial charge in [0.2, 0.25) is 0 Å². The van der Waals surface area contributed by atoms with Crippen LogP contribution in [0.15, 0.2) is 60.7 Å². The number of hydrogen-bond donors (Lipinski definition) is 3. The summed E-state index contributed by atoms with van der Waals surface area (Å²) >= 11 is 0. The van der Waals surface area contributed by atoms with E-state index in [-0.39, 0.29) is 11.1 Å². The lowest BCUT2D eigenvalue weighted by molar-refractivity contribution is 0.0697. The van der Waals surface area contributed by atoms with Crippen molar-refractivity contribution >= 4 is 29.1 Å². The summed E-state index contributed by atoms with van der Waals surface area (Å²) in [7, 11) is 0. The van der Waals surface area contributed by atoms with Crippen LogP contribution in [-0.4, -0.2) is 30.2 Å². The van der Waals surface area contributed by atoms with Crippen molar-refractivity contribution in [2.24, 2.45) is 5.92 Å². The quantitative estimate of drug-likeness (QED) is 0.338. The van der Waals surface area contributed by atoms with E-state index in [2.05, 4.69) is 30.4 Å². The molecule has 3 rings (SSSR count). The molecule has 0 saturated carbocycles. The second-order valence-corrected chi connectivity index (χ2v) is 8.65. The van der Waals surface area contributed by atoms with Gasteiger partial charge in [0.05, 0.1) is 23.5 Å². The highest BCUT2D eigenvalue weighted by molar-refractivity contribution is 6.03. The number of terminal acetylenes is 1. The summed E-state index contributed by atoms with van der Waals surface area (Å²) in [6.07, 6.45) is 5.60. The van der Waals surface area contributed by atoms with E-state index in [1.165, 1.54) is 12.1 Å². The summed E-state index contributed by atoms with van der Waals surface area (Å²) in [4.78, 5) is 26.6. The fraction of sp³-hybridized carbons (Fsp3) is 0.214. The molecule has 0 aromatic heterocycles. The van der Waals surface area contributed by atoms with Crippen LogP contribution in [-0.2, 0) is 0 Å². The summed E-state index contributed by atoms with van der Waals surface area (Å²) in [5, 5.41) is 15.2. The second kappa shape index (κ2) is 11.2. The fourth-order valence-electron chi connectivity index (χ4n) is 3.74. The number of halogens is 1. The summed E-state index contributed by atoms with van der Waals surface area (Å²) in [6.45, 7) is 7.01. The summed E-state index contributed by atoms with van der Waals surface area (Å²) in [5.41, 5.74) is 3.38. The van der Waals surface area contributed by atoms with E-state index in [1.807, 2.05) is 24.0 Å². The number of urea groups is 1. The number of nitrogens with one attached hydrogen (secondary N) is 2. The number of carboxylic acid groups (broad SMARTS) is 1. The highest BCUT2D eigenvalue weighted by Crippen LogP contribution is 2.34. The van der Waals surface area contributed by atoms with Crippen molar-refractivity contribution in [1.29, 1.82) is 0 Å². The largest absolute Gasteiger partial charge is 0.478 e. The van der Waals surface area contributed by atoms with Gasteiger partial charge < -0.3 is 20.6 Å². The Labute approximate surface area is 204 Å². The number of benzene rings is 3. The van der Waals surface area contributed by atoms with Crippen LogP contribution in [0.5, 0.6) is 0 Å². The van der Waals surface area contributed by atoms with Crippen LogP contribution in [0.1, 0.15) is 29.8 Å². The van der Waals surface area contributed by atoms with Crippen LogP contribution in [0.3, 0.4) is 0 Å². The minimum Gasteiger partial charge on any atom is -0.478 e. The molecular formula is C28H28FN3O3. The van der Waals surface area contributed by atoms with Crippen molar-refractivity contribution in [2.75, 3.05) is 28.6 Å². The lowest BCUT2D eigenvalue weighted by Crippen LogP contribution is -2.30. The maximum Gasteiger partial charge on any atom is 0.336 e.